The number of likely N-dealkylation sites (tertiary alicyclic amines) is 1. The third-order valence-corrected chi connectivity index (χ3v) is 13.8. The van der Waals surface area contributed by atoms with Crippen molar-refractivity contribution < 1.29 is 42.2 Å². The van der Waals surface area contributed by atoms with Crippen molar-refractivity contribution in [3.63, 3.8) is 0 Å². The highest BCUT2D eigenvalue weighted by Gasteiger charge is 2.76. The maximum absolute atomic E-state index is 14.3. The van der Waals surface area contributed by atoms with Crippen LogP contribution in [-0.2, 0) is 25.4 Å². The molecule has 1 aromatic carbocycles. The van der Waals surface area contributed by atoms with E-state index in [0.717, 1.165) is 16.0 Å². The van der Waals surface area contributed by atoms with Crippen molar-refractivity contribution in [3.05, 3.63) is 55.1 Å². The van der Waals surface area contributed by atoms with E-state index in [9.17, 15) is 37.5 Å². The number of alkyl halides is 6. The average Bonchev–Trinajstić information content (AvgIpc) is 3.37. The summed E-state index contributed by atoms with van der Waals surface area (Å²) in [6.45, 7) is 0. The number of methoxy groups -OCH3 is 1. The first-order valence-corrected chi connectivity index (χ1v) is 17.8. The second kappa shape index (κ2) is 12.0. The molecule has 2 aliphatic heterocycles. The van der Waals surface area contributed by atoms with Gasteiger partial charge in [-0.1, -0.05) is 39.2 Å². The summed E-state index contributed by atoms with van der Waals surface area (Å²) in [7, 11) is 2.50. The molecule has 3 heterocycles. The Morgan fingerprint density at radius 3 is 2.38 bits per heavy atom. The summed E-state index contributed by atoms with van der Waals surface area (Å²) >= 11 is 30.7. The van der Waals surface area contributed by atoms with Gasteiger partial charge in [-0.2, -0.15) is 18.2 Å². The summed E-state index contributed by atoms with van der Waals surface area (Å²) in [5.74, 6) is -8.22. The van der Waals surface area contributed by atoms with E-state index >= 15 is 0 Å². The zero-order chi connectivity index (χ0) is 35.4. The number of benzene rings is 1. The number of aromatic hydroxyl groups is 1. The van der Waals surface area contributed by atoms with Gasteiger partial charge in [-0.25, -0.2) is 4.98 Å². The number of nitrogens with zero attached hydrogens (tertiary/aromatic N) is 4. The molecule has 1 aromatic heterocycles. The average molecular weight is 925 g/mol. The summed E-state index contributed by atoms with van der Waals surface area (Å²) in [6, 6.07) is 3.07. The molecule has 0 unspecified atom stereocenters. The van der Waals surface area contributed by atoms with Crippen molar-refractivity contribution in [3.8, 4) is 11.5 Å². The van der Waals surface area contributed by atoms with Crippen LogP contribution in [0.1, 0.15) is 30.0 Å². The van der Waals surface area contributed by atoms with Gasteiger partial charge >= 0.3 is 6.18 Å². The Kier molecular flexibility index (Phi) is 8.93. The van der Waals surface area contributed by atoms with E-state index in [1.807, 2.05) is 0 Å². The number of anilines is 1. The maximum Gasteiger partial charge on any atom is 0.433 e. The molecule has 0 bridgehead atoms. The van der Waals surface area contributed by atoms with Gasteiger partial charge in [-0.3, -0.25) is 29.1 Å². The van der Waals surface area contributed by atoms with Gasteiger partial charge in [0.05, 0.1) is 33.9 Å². The predicted octanol–water partition coefficient (Wildman–Crippen LogP) is 6.76. The Labute approximate surface area is 310 Å². The Morgan fingerprint density at radius 2 is 1.77 bits per heavy atom. The van der Waals surface area contributed by atoms with Gasteiger partial charge in [0.1, 0.15) is 5.69 Å². The number of carbonyl (C=O) groups is 4. The molecule has 6 atom stereocenters. The molecule has 48 heavy (non-hydrogen) atoms. The predicted molar refractivity (Wildman–Crippen MR) is 178 cm³/mol. The number of aromatic nitrogens is 1. The number of pyridine rings is 1. The number of phenolic OH excluding ortho intramolecular Hbond substituents is 1. The van der Waals surface area contributed by atoms with Gasteiger partial charge in [-0.15, -0.1) is 23.2 Å². The fraction of sp³-hybridized carbons (Fsp3) is 0.414. The normalized spacial score (nSPS) is 29.9. The number of hydrogen-bond donors (Lipinski definition) is 1. The lowest BCUT2D eigenvalue weighted by molar-refractivity contribution is -0.142. The molecule has 10 nitrogen and oxygen atoms in total. The zero-order valence-corrected chi connectivity index (χ0v) is 31.4. The van der Waals surface area contributed by atoms with E-state index in [1.165, 1.54) is 20.2 Å². The fourth-order valence-corrected chi connectivity index (χ4v) is 9.87. The fourth-order valence-electron chi connectivity index (χ4n) is 7.27. The highest BCUT2D eigenvalue weighted by molar-refractivity contribution is 9.13. The number of carbonyl (C=O) groups excluding carboxylic acids is 4. The quantitative estimate of drug-likeness (QED) is 0.152. The van der Waals surface area contributed by atoms with E-state index in [4.69, 9.17) is 39.5 Å². The molecule has 256 valence electrons. The Balaban J connectivity index is 1.51. The van der Waals surface area contributed by atoms with Crippen molar-refractivity contribution in [1.82, 2.24) is 14.9 Å². The smallest absolute Gasteiger partial charge is 0.433 e. The minimum atomic E-state index is -4.83. The molecular formula is C29H21Br3Cl3F3N4O6. The van der Waals surface area contributed by atoms with Gasteiger partial charge in [0.2, 0.25) is 0 Å². The molecule has 0 radical (unpaired) electrons. The van der Waals surface area contributed by atoms with E-state index in [2.05, 4.69) is 52.8 Å². The molecule has 4 amide bonds. The van der Waals surface area contributed by atoms with Gasteiger partial charge < -0.3 is 9.84 Å². The topological polar surface area (TPSA) is 120 Å². The largest absolute Gasteiger partial charge is 0.503 e. The number of hydrazine groups is 1. The number of ether oxygens (including phenoxy) is 1. The lowest BCUT2D eigenvalue weighted by Gasteiger charge is -2.51. The standard InChI is InChI=1S/C29H21Br3Cl3F3N4O6/c1-40(22-14(33)5-6-16(39-22)29(36,37)38)42-23(44)11-4-3-10-13(17(11)24(42)45)8-27(34)25(46)41(9-30)26(47)28(27,35)18(10)12-7-15(48-2)21(43)20(32)19(12)31/h3,5-7,11,13,17-18,43H,4,8-9H2,1-2H3/t11-,13+,17-,18+,27+,28-/m0/s1. The van der Waals surface area contributed by atoms with Crippen molar-refractivity contribution in [2.75, 3.05) is 24.6 Å². The molecule has 4 aliphatic rings. The molecule has 6 rings (SSSR count). The number of hydrogen-bond acceptors (Lipinski definition) is 8. The second-order valence-electron chi connectivity index (χ2n) is 11.6. The van der Waals surface area contributed by atoms with E-state index < -0.39 is 74.7 Å². The summed E-state index contributed by atoms with van der Waals surface area (Å²) in [4.78, 5) is 56.3. The molecule has 2 aromatic rings. The van der Waals surface area contributed by atoms with E-state index in [-0.39, 0.29) is 49.3 Å². The number of allylic oxidation sites excluding steroid dienone is 2. The van der Waals surface area contributed by atoms with Gasteiger partial charge in [0, 0.05) is 17.4 Å². The van der Waals surface area contributed by atoms with E-state index in [1.54, 1.807) is 6.08 Å². The third kappa shape index (κ3) is 4.79. The van der Waals surface area contributed by atoms with Crippen LogP contribution < -0.4 is 9.75 Å². The second-order valence-corrected chi connectivity index (χ2v) is 15.4. The number of fused-ring (bicyclic) bond motifs is 4. The van der Waals surface area contributed by atoms with Crippen molar-refractivity contribution in [2.45, 2.75) is 34.7 Å². The molecule has 2 aliphatic carbocycles. The van der Waals surface area contributed by atoms with Crippen LogP contribution in [0.5, 0.6) is 11.5 Å². The Morgan fingerprint density at radius 1 is 1.10 bits per heavy atom. The van der Waals surface area contributed by atoms with Crippen LogP contribution in [0, 0.1) is 17.8 Å². The molecular weight excluding hydrogens is 903 g/mol. The number of halogens is 9. The number of imide groups is 2. The first kappa shape index (κ1) is 35.7. The monoisotopic (exact) mass is 920 g/mol. The third-order valence-electron chi connectivity index (χ3n) is 9.42. The Hall–Kier alpha value is -2.11. The summed E-state index contributed by atoms with van der Waals surface area (Å²) < 4.78 is 46.3. The SMILES string of the molecule is COc1cc([C@H]2C3=CC[C@@H]4C(=O)N(N(C)c5nc(C(F)(F)F)ccc5Cl)C(=O)[C@@H]4[C@@H]3C[C@@]3(Cl)C(=O)N(CBr)C(=O)[C@@]23Cl)c(Br)c(Br)c1O. The van der Waals surface area contributed by atoms with Gasteiger partial charge in [0.15, 0.2) is 27.1 Å². The summed E-state index contributed by atoms with van der Waals surface area (Å²) in [5, 5.41) is 12.0. The van der Waals surface area contributed by atoms with Gasteiger partial charge in [0.25, 0.3) is 23.6 Å². The van der Waals surface area contributed by atoms with Crippen LogP contribution in [0.4, 0.5) is 19.0 Å². The van der Waals surface area contributed by atoms with Crippen LogP contribution in [-0.4, -0.2) is 73.0 Å². The Bertz CT molecular complexity index is 1850. The van der Waals surface area contributed by atoms with Crippen LogP contribution in [0.2, 0.25) is 5.02 Å². The molecule has 1 saturated carbocycles. The van der Waals surface area contributed by atoms with Crippen LogP contribution in [0.25, 0.3) is 0 Å². The highest BCUT2D eigenvalue weighted by atomic mass is 79.9. The molecule has 1 N–H and O–H groups in total. The minimum absolute atomic E-state index is 0.00331. The first-order valence-electron chi connectivity index (χ1n) is 14.0. The zero-order valence-electron chi connectivity index (χ0n) is 24.4. The van der Waals surface area contributed by atoms with Crippen molar-refractivity contribution in [1.29, 1.82) is 0 Å². The lowest BCUT2D eigenvalue weighted by atomic mass is 9.56. The molecule has 3 fully saturated rings. The van der Waals surface area contributed by atoms with Crippen molar-refractivity contribution in [2.24, 2.45) is 17.8 Å². The van der Waals surface area contributed by atoms with Crippen LogP contribution >= 0.6 is 82.6 Å². The summed E-state index contributed by atoms with van der Waals surface area (Å²) in [5.41, 5.74) is -0.801. The lowest BCUT2D eigenvalue weighted by Crippen LogP contribution is -2.60. The minimum Gasteiger partial charge on any atom is -0.503 e. The highest BCUT2D eigenvalue weighted by Crippen LogP contribution is 2.67. The number of amides is 4. The molecule has 19 heteroatoms. The van der Waals surface area contributed by atoms with Gasteiger partial charge in [-0.05, 0) is 74.4 Å². The van der Waals surface area contributed by atoms with Crippen LogP contribution in [0.3, 0.4) is 0 Å². The van der Waals surface area contributed by atoms with E-state index in [0.29, 0.717) is 16.6 Å². The molecule has 0 spiro atoms. The molecule has 2 saturated heterocycles. The number of phenols is 1. The van der Waals surface area contributed by atoms with Crippen LogP contribution in [0.15, 0.2) is 38.8 Å². The number of rotatable bonds is 5. The maximum atomic E-state index is 14.3. The first-order chi connectivity index (χ1) is 22.4. The van der Waals surface area contributed by atoms with Crippen molar-refractivity contribution >= 4 is 112 Å². The summed E-state index contributed by atoms with van der Waals surface area (Å²) in [6.07, 6.45) is -3.51.